The highest BCUT2D eigenvalue weighted by atomic mass is 32.2. The number of carbonyl (C=O) groups excluding carboxylic acids is 3. The molecular weight excluding hydrogens is 442 g/mol. The number of thiophene rings is 2. The van der Waals surface area contributed by atoms with E-state index in [0.717, 1.165) is 26.2 Å². The van der Waals surface area contributed by atoms with Gasteiger partial charge in [-0.1, -0.05) is 30.8 Å². The summed E-state index contributed by atoms with van der Waals surface area (Å²) >= 11 is 4.41. The molecule has 1 aliphatic rings. The second-order valence-electron chi connectivity index (χ2n) is 6.80. The molecule has 0 radical (unpaired) electrons. The third kappa shape index (κ3) is 3.87. The van der Waals surface area contributed by atoms with Crippen LogP contribution in [0.4, 0.5) is 4.79 Å². The summed E-state index contributed by atoms with van der Waals surface area (Å²) in [7, 11) is 0. The Bertz CT molecular complexity index is 1030. The lowest BCUT2D eigenvalue weighted by Crippen LogP contribution is -2.49. The maximum Gasteiger partial charge on any atom is 0.344 e. The molecule has 0 unspecified atom stereocenters. The SMILES string of the molecule is CC[C@]1(C)NC(=O)N(NC(=O)CSc2nc(-c3cccs3)c(-c3cccs3)[nH]2)C1=O. The lowest BCUT2D eigenvalue weighted by molar-refractivity contribution is -0.137. The van der Waals surface area contributed by atoms with Crippen LogP contribution in [0.2, 0.25) is 0 Å². The quantitative estimate of drug-likeness (QED) is 0.367. The Balaban J connectivity index is 1.45. The van der Waals surface area contributed by atoms with Gasteiger partial charge in [-0.15, -0.1) is 22.7 Å². The van der Waals surface area contributed by atoms with Gasteiger partial charge in [0.2, 0.25) is 5.91 Å². The fraction of sp³-hybridized carbons (Fsp3) is 0.263. The first-order valence-corrected chi connectivity index (χ1v) is 11.9. The van der Waals surface area contributed by atoms with E-state index >= 15 is 0 Å². The average molecular weight is 462 g/mol. The summed E-state index contributed by atoms with van der Waals surface area (Å²) in [5, 5.41) is 7.93. The van der Waals surface area contributed by atoms with Gasteiger partial charge in [0.25, 0.3) is 5.91 Å². The molecule has 3 aromatic heterocycles. The third-order valence-corrected chi connectivity index (χ3v) is 7.39. The maximum atomic E-state index is 12.4. The molecule has 11 heteroatoms. The lowest BCUT2D eigenvalue weighted by atomic mass is 10.00. The molecule has 0 aromatic carbocycles. The van der Waals surface area contributed by atoms with Crippen molar-refractivity contribution in [3.63, 3.8) is 0 Å². The van der Waals surface area contributed by atoms with E-state index in [1.165, 1.54) is 11.8 Å². The number of hydrazine groups is 1. The van der Waals surface area contributed by atoms with Gasteiger partial charge in [-0.25, -0.2) is 9.78 Å². The lowest BCUT2D eigenvalue weighted by Gasteiger charge is -2.19. The molecular formula is C19H19N5O3S3. The van der Waals surface area contributed by atoms with Gasteiger partial charge in [0, 0.05) is 0 Å². The number of imide groups is 1. The van der Waals surface area contributed by atoms with E-state index in [0.29, 0.717) is 11.6 Å². The Hall–Kier alpha value is -2.63. The van der Waals surface area contributed by atoms with Crippen LogP contribution in [0, 0.1) is 0 Å². The molecule has 4 rings (SSSR count). The minimum atomic E-state index is -0.996. The summed E-state index contributed by atoms with van der Waals surface area (Å²) in [6, 6.07) is 7.33. The van der Waals surface area contributed by atoms with E-state index in [1.807, 2.05) is 35.0 Å². The van der Waals surface area contributed by atoms with Crippen LogP contribution >= 0.6 is 34.4 Å². The largest absolute Gasteiger partial charge is 0.344 e. The molecule has 0 bridgehead atoms. The molecule has 30 heavy (non-hydrogen) atoms. The molecule has 8 nitrogen and oxygen atoms in total. The highest BCUT2D eigenvalue weighted by molar-refractivity contribution is 7.99. The number of amides is 4. The highest BCUT2D eigenvalue weighted by Crippen LogP contribution is 2.36. The van der Waals surface area contributed by atoms with Crippen LogP contribution in [0.3, 0.4) is 0 Å². The molecule has 1 saturated heterocycles. The van der Waals surface area contributed by atoms with Gasteiger partial charge in [-0.2, -0.15) is 5.01 Å². The zero-order chi connectivity index (χ0) is 21.3. The second kappa shape index (κ2) is 8.25. The predicted molar refractivity (Wildman–Crippen MR) is 118 cm³/mol. The number of hydrogen-bond acceptors (Lipinski definition) is 7. The van der Waals surface area contributed by atoms with Crippen LogP contribution < -0.4 is 10.7 Å². The summed E-state index contributed by atoms with van der Waals surface area (Å²) in [4.78, 5) is 46.8. The first-order chi connectivity index (χ1) is 14.4. The van der Waals surface area contributed by atoms with Crippen molar-refractivity contribution >= 4 is 52.3 Å². The Morgan fingerprint density at radius 1 is 1.23 bits per heavy atom. The number of imidazole rings is 1. The first kappa shape index (κ1) is 20.6. The fourth-order valence-corrected chi connectivity index (χ4v) is 5.04. The minimum Gasteiger partial charge on any atom is -0.332 e. The van der Waals surface area contributed by atoms with Crippen LogP contribution in [0.1, 0.15) is 20.3 Å². The van der Waals surface area contributed by atoms with Gasteiger partial charge in [-0.05, 0) is 36.2 Å². The molecule has 1 aliphatic heterocycles. The van der Waals surface area contributed by atoms with Gasteiger partial charge in [-0.3, -0.25) is 15.0 Å². The molecule has 1 atom stereocenters. The zero-order valence-corrected chi connectivity index (χ0v) is 18.7. The number of thioether (sulfide) groups is 1. The predicted octanol–water partition coefficient (Wildman–Crippen LogP) is 3.71. The summed E-state index contributed by atoms with van der Waals surface area (Å²) in [5.74, 6) is -0.928. The van der Waals surface area contributed by atoms with Gasteiger partial charge in [0.1, 0.15) is 11.2 Å². The van der Waals surface area contributed by atoms with Crippen molar-refractivity contribution in [3.05, 3.63) is 35.0 Å². The fourth-order valence-electron chi connectivity index (χ4n) is 2.93. The van der Waals surface area contributed by atoms with Gasteiger partial charge in [0.05, 0.1) is 21.2 Å². The van der Waals surface area contributed by atoms with E-state index in [9.17, 15) is 14.4 Å². The Labute approximate surface area is 185 Å². The van der Waals surface area contributed by atoms with E-state index in [4.69, 9.17) is 0 Å². The van der Waals surface area contributed by atoms with E-state index in [2.05, 4.69) is 20.7 Å². The smallest absolute Gasteiger partial charge is 0.332 e. The van der Waals surface area contributed by atoms with Gasteiger partial charge in [0.15, 0.2) is 5.16 Å². The summed E-state index contributed by atoms with van der Waals surface area (Å²) < 4.78 is 0. The number of nitrogens with one attached hydrogen (secondary N) is 3. The standard InChI is InChI=1S/C19H19N5O3S3/c1-3-19(2)16(26)24(18(27)22-19)23-13(25)10-30-17-20-14(11-6-4-8-28-11)15(21-17)12-7-5-9-29-12/h4-9H,3,10H2,1-2H3,(H,20,21)(H,22,27)(H,23,25)/t19-/m0/s1. The third-order valence-electron chi connectivity index (χ3n) is 4.75. The van der Waals surface area contributed by atoms with Gasteiger partial charge < -0.3 is 10.3 Å². The molecule has 0 spiro atoms. The number of hydrogen-bond donors (Lipinski definition) is 3. The van der Waals surface area contributed by atoms with Crippen molar-refractivity contribution < 1.29 is 14.4 Å². The minimum absolute atomic E-state index is 0.00116. The summed E-state index contributed by atoms with van der Waals surface area (Å²) in [6.45, 7) is 3.43. The number of nitrogens with zero attached hydrogens (tertiary/aromatic N) is 2. The van der Waals surface area contributed by atoms with E-state index in [1.54, 1.807) is 36.5 Å². The zero-order valence-electron chi connectivity index (χ0n) is 16.2. The van der Waals surface area contributed by atoms with Crippen LogP contribution in [0.5, 0.6) is 0 Å². The number of aromatic nitrogens is 2. The van der Waals surface area contributed by atoms with Crippen molar-refractivity contribution in [3.8, 4) is 21.1 Å². The monoisotopic (exact) mass is 461 g/mol. The second-order valence-corrected chi connectivity index (χ2v) is 9.66. The number of rotatable bonds is 7. The van der Waals surface area contributed by atoms with E-state index < -0.39 is 23.4 Å². The van der Waals surface area contributed by atoms with E-state index in [-0.39, 0.29) is 5.75 Å². The summed E-state index contributed by atoms with van der Waals surface area (Å²) in [5.41, 5.74) is 3.13. The molecule has 3 aromatic rings. The molecule has 0 saturated carbocycles. The van der Waals surface area contributed by atoms with Crippen LogP contribution in [-0.2, 0) is 9.59 Å². The molecule has 1 fully saturated rings. The summed E-state index contributed by atoms with van der Waals surface area (Å²) in [6.07, 6.45) is 0.433. The van der Waals surface area contributed by atoms with Crippen LogP contribution in [0.25, 0.3) is 21.1 Å². The molecule has 4 heterocycles. The maximum absolute atomic E-state index is 12.4. The molecule has 156 valence electrons. The van der Waals surface area contributed by atoms with Crippen LogP contribution in [0.15, 0.2) is 40.2 Å². The van der Waals surface area contributed by atoms with Crippen molar-refractivity contribution in [2.75, 3.05) is 5.75 Å². The molecule has 4 amide bonds. The Morgan fingerprint density at radius 3 is 2.53 bits per heavy atom. The topological polar surface area (TPSA) is 107 Å². The van der Waals surface area contributed by atoms with Gasteiger partial charge >= 0.3 is 6.03 Å². The van der Waals surface area contributed by atoms with Crippen molar-refractivity contribution in [2.45, 2.75) is 31.0 Å². The number of H-pyrrole nitrogens is 1. The van der Waals surface area contributed by atoms with Crippen LogP contribution in [-0.4, -0.2) is 44.1 Å². The molecule has 0 aliphatic carbocycles. The highest BCUT2D eigenvalue weighted by Gasteiger charge is 2.47. The first-order valence-electron chi connectivity index (χ1n) is 9.18. The number of urea groups is 1. The molecule has 3 N–H and O–H groups in total. The normalized spacial score (nSPS) is 18.7. The Kier molecular flexibility index (Phi) is 5.67. The average Bonchev–Trinajstić information content (AvgIpc) is 3.51. The number of aromatic amines is 1. The van der Waals surface area contributed by atoms with Crippen molar-refractivity contribution in [2.24, 2.45) is 0 Å². The Morgan fingerprint density at radius 2 is 1.93 bits per heavy atom. The number of carbonyl (C=O) groups is 3. The van der Waals surface area contributed by atoms with Crippen molar-refractivity contribution in [1.29, 1.82) is 0 Å². The van der Waals surface area contributed by atoms with Crippen molar-refractivity contribution in [1.82, 2.24) is 25.7 Å².